The smallest absolute Gasteiger partial charge is 0.222 e. The standard InChI is InChI=1S/C22H27ClN8/c1-4-5-6-20-24-19(13-15(2)3)27-31(20)14-16-7-9-17(10-8-16)30-12-11-18(23)21(30)22-25-28-29-26-22/h7-12,15H,4-6,13-14H2,1-3H3,(H,25,26,28,29). The van der Waals surface area contributed by atoms with Gasteiger partial charge in [-0.1, -0.05) is 50.9 Å². The van der Waals surface area contributed by atoms with Crippen LogP contribution < -0.4 is 0 Å². The highest BCUT2D eigenvalue weighted by Crippen LogP contribution is 2.29. The van der Waals surface area contributed by atoms with Gasteiger partial charge >= 0.3 is 0 Å². The molecule has 0 spiro atoms. The van der Waals surface area contributed by atoms with Crippen LogP contribution in [-0.2, 0) is 19.4 Å². The minimum absolute atomic E-state index is 0.458. The first-order valence-electron chi connectivity index (χ1n) is 10.7. The molecule has 3 heterocycles. The molecule has 4 aromatic rings. The number of hydrogen-bond acceptors (Lipinski definition) is 5. The largest absolute Gasteiger partial charge is 0.312 e. The Labute approximate surface area is 186 Å². The highest BCUT2D eigenvalue weighted by molar-refractivity contribution is 6.33. The molecule has 1 N–H and O–H groups in total. The lowest BCUT2D eigenvalue weighted by molar-refractivity contribution is 0.592. The minimum Gasteiger partial charge on any atom is -0.312 e. The molecule has 3 aromatic heterocycles. The van der Waals surface area contributed by atoms with Gasteiger partial charge in [0.25, 0.3) is 0 Å². The van der Waals surface area contributed by atoms with Gasteiger partial charge in [0, 0.05) is 24.7 Å². The highest BCUT2D eigenvalue weighted by Gasteiger charge is 2.16. The first-order valence-corrected chi connectivity index (χ1v) is 11.1. The number of hydrogen-bond donors (Lipinski definition) is 1. The van der Waals surface area contributed by atoms with Crippen molar-refractivity contribution >= 4 is 11.6 Å². The Kier molecular flexibility index (Phi) is 6.46. The molecule has 162 valence electrons. The van der Waals surface area contributed by atoms with Crippen LogP contribution in [0.4, 0.5) is 0 Å². The van der Waals surface area contributed by atoms with Crippen LogP contribution in [0.15, 0.2) is 36.5 Å². The highest BCUT2D eigenvalue weighted by atomic mass is 35.5. The molecule has 0 aliphatic heterocycles. The molecule has 0 bridgehead atoms. The molecule has 1 aromatic carbocycles. The van der Waals surface area contributed by atoms with E-state index in [0.717, 1.165) is 43.0 Å². The second-order valence-electron chi connectivity index (χ2n) is 8.09. The summed E-state index contributed by atoms with van der Waals surface area (Å²) in [7, 11) is 0. The van der Waals surface area contributed by atoms with Crippen molar-refractivity contribution in [1.29, 1.82) is 0 Å². The molecular weight excluding hydrogens is 412 g/mol. The average molecular weight is 439 g/mol. The number of aryl methyl sites for hydroxylation is 1. The van der Waals surface area contributed by atoms with Crippen molar-refractivity contribution in [3.05, 3.63) is 58.8 Å². The maximum absolute atomic E-state index is 6.36. The van der Waals surface area contributed by atoms with Gasteiger partial charge < -0.3 is 4.57 Å². The Morgan fingerprint density at radius 3 is 2.61 bits per heavy atom. The zero-order valence-electron chi connectivity index (χ0n) is 18.1. The maximum Gasteiger partial charge on any atom is 0.222 e. The van der Waals surface area contributed by atoms with Gasteiger partial charge in [0.2, 0.25) is 5.82 Å². The molecule has 0 radical (unpaired) electrons. The summed E-state index contributed by atoms with van der Waals surface area (Å²) in [6, 6.07) is 10.2. The minimum atomic E-state index is 0.458. The number of unbranched alkanes of at least 4 members (excludes halogenated alkanes) is 1. The van der Waals surface area contributed by atoms with Crippen molar-refractivity contribution in [1.82, 2.24) is 40.0 Å². The van der Waals surface area contributed by atoms with Crippen molar-refractivity contribution in [3.63, 3.8) is 0 Å². The van der Waals surface area contributed by atoms with E-state index in [4.69, 9.17) is 21.7 Å². The fourth-order valence-electron chi connectivity index (χ4n) is 3.56. The van der Waals surface area contributed by atoms with Crippen LogP contribution in [0.5, 0.6) is 0 Å². The molecule has 0 saturated heterocycles. The Hall–Kier alpha value is -3.00. The molecule has 4 rings (SSSR count). The van der Waals surface area contributed by atoms with E-state index >= 15 is 0 Å². The Bertz CT molecular complexity index is 1110. The van der Waals surface area contributed by atoms with E-state index < -0.39 is 0 Å². The SMILES string of the molecule is CCCCc1nc(CC(C)C)nn1Cc1ccc(-n2ccc(Cl)c2-c2nn[nH]n2)cc1. The molecule has 0 aliphatic carbocycles. The van der Waals surface area contributed by atoms with Gasteiger partial charge in [-0.2, -0.15) is 10.3 Å². The molecule has 0 fully saturated rings. The van der Waals surface area contributed by atoms with Crippen LogP contribution in [0.3, 0.4) is 0 Å². The molecule has 0 saturated carbocycles. The van der Waals surface area contributed by atoms with Crippen molar-refractivity contribution in [2.24, 2.45) is 5.92 Å². The lowest BCUT2D eigenvalue weighted by Crippen LogP contribution is -2.08. The van der Waals surface area contributed by atoms with Gasteiger partial charge in [0.15, 0.2) is 5.82 Å². The van der Waals surface area contributed by atoms with E-state index in [1.165, 1.54) is 5.56 Å². The van der Waals surface area contributed by atoms with E-state index in [-0.39, 0.29) is 0 Å². The normalized spacial score (nSPS) is 11.5. The number of tetrazole rings is 1. The van der Waals surface area contributed by atoms with Gasteiger partial charge in [0.05, 0.1) is 11.6 Å². The summed E-state index contributed by atoms with van der Waals surface area (Å²) in [6.45, 7) is 7.29. The number of rotatable bonds is 9. The molecule has 9 heteroatoms. The number of benzene rings is 1. The third-order valence-corrected chi connectivity index (χ3v) is 5.38. The number of halogens is 1. The summed E-state index contributed by atoms with van der Waals surface area (Å²) >= 11 is 6.36. The average Bonchev–Trinajstić information content (AvgIpc) is 3.47. The van der Waals surface area contributed by atoms with Crippen LogP contribution >= 0.6 is 11.6 Å². The first-order chi connectivity index (χ1) is 15.0. The van der Waals surface area contributed by atoms with Gasteiger partial charge in [0.1, 0.15) is 11.5 Å². The van der Waals surface area contributed by atoms with Crippen molar-refractivity contribution in [2.45, 2.75) is 53.0 Å². The summed E-state index contributed by atoms with van der Waals surface area (Å²) in [5.41, 5.74) is 2.85. The fraction of sp³-hybridized carbons (Fsp3) is 0.409. The molecule has 0 aliphatic rings. The number of nitrogens with one attached hydrogen (secondary N) is 1. The quantitative estimate of drug-likeness (QED) is 0.415. The molecule has 0 unspecified atom stereocenters. The Balaban J connectivity index is 1.57. The van der Waals surface area contributed by atoms with Crippen LogP contribution in [0.25, 0.3) is 17.2 Å². The zero-order chi connectivity index (χ0) is 21.8. The van der Waals surface area contributed by atoms with Crippen LogP contribution in [0, 0.1) is 5.92 Å². The van der Waals surface area contributed by atoms with Crippen molar-refractivity contribution in [2.75, 3.05) is 0 Å². The second kappa shape index (κ2) is 9.43. The van der Waals surface area contributed by atoms with Crippen molar-refractivity contribution < 1.29 is 0 Å². The zero-order valence-corrected chi connectivity index (χ0v) is 18.8. The third kappa shape index (κ3) is 4.85. The topological polar surface area (TPSA) is 90.1 Å². The van der Waals surface area contributed by atoms with Gasteiger partial charge in [-0.25, -0.2) is 9.67 Å². The van der Waals surface area contributed by atoms with Gasteiger partial charge in [-0.15, -0.1) is 10.2 Å². The number of nitrogens with zero attached hydrogens (tertiary/aromatic N) is 7. The second-order valence-corrected chi connectivity index (χ2v) is 8.49. The van der Waals surface area contributed by atoms with Gasteiger partial charge in [-0.05, 0) is 41.3 Å². The summed E-state index contributed by atoms with van der Waals surface area (Å²) in [6.07, 6.45) is 6.02. The summed E-state index contributed by atoms with van der Waals surface area (Å²) in [5.74, 6) is 3.00. The van der Waals surface area contributed by atoms with E-state index in [1.54, 1.807) is 0 Å². The third-order valence-electron chi connectivity index (χ3n) is 5.08. The number of H-pyrrole nitrogens is 1. The van der Waals surface area contributed by atoms with E-state index in [9.17, 15) is 0 Å². The molecule has 31 heavy (non-hydrogen) atoms. The number of aromatic nitrogens is 8. The van der Waals surface area contributed by atoms with Crippen LogP contribution in [0.1, 0.15) is 50.8 Å². The summed E-state index contributed by atoms with van der Waals surface area (Å²) in [5, 5.41) is 19.6. The van der Waals surface area contributed by atoms with E-state index in [2.05, 4.69) is 70.3 Å². The lowest BCUT2D eigenvalue weighted by Gasteiger charge is -2.10. The predicted octanol–water partition coefficient (Wildman–Crippen LogP) is 4.49. The van der Waals surface area contributed by atoms with E-state index in [1.807, 2.05) is 16.8 Å². The molecule has 0 amide bonds. The molecule has 8 nitrogen and oxygen atoms in total. The van der Waals surface area contributed by atoms with Crippen LogP contribution in [0.2, 0.25) is 5.02 Å². The monoisotopic (exact) mass is 438 g/mol. The molecular formula is C22H27ClN8. The molecule has 0 atom stereocenters. The van der Waals surface area contributed by atoms with Crippen molar-refractivity contribution in [3.8, 4) is 17.2 Å². The fourth-order valence-corrected chi connectivity index (χ4v) is 3.79. The van der Waals surface area contributed by atoms with Crippen LogP contribution in [-0.4, -0.2) is 40.0 Å². The Morgan fingerprint density at radius 2 is 1.94 bits per heavy atom. The lowest BCUT2D eigenvalue weighted by atomic mass is 10.1. The van der Waals surface area contributed by atoms with E-state index in [0.29, 0.717) is 29.0 Å². The first kappa shape index (κ1) is 21.2. The Morgan fingerprint density at radius 1 is 1.13 bits per heavy atom. The maximum atomic E-state index is 6.36. The summed E-state index contributed by atoms with van der Waals surface area (Å²) in [4.78, 5) is 4.80. The predicted molar refractivity (Wildman–Crippen MR) is 120 cm³/mol. The summed E-state index contributed by atoms with van der Waals surface area (Å²) < 4.78 is 4.01. The number of aromatic amines is 1. The van der Waals surface area contributed by atoms with Gasteiger partial charge in [-0.3, -0.25) is 0 Å².